The molecule has 0 saturated heterocycles. The molecule has 2 nitrogen and oxygen atoms in total. The summed E-state index contributed by atoms with van der Waals surface area (Å²) in [6.45, 7) is 1.91. The van der Waals surface area contributed by atoms with Gasteiger partial charge in [-0.15, -0.1) is 0 Å². The van der Waals surface area contributed by atoms with E-state index in [-0.39, 0.29) is 5.92 Å². The van der Waals surface area contributed by atoms with Gasteiger partial charge in [0.05, 0.1) is 5.92 Å². The van der Waals surface area contributed by atoms with Crippen LogP contribution in [0, 0.1) is 6.92 Å². The fraction of sp³-hybridized carbons (Fsp3) is 0.333. The molecule has 3 heteroatoms. The van der Waals surface area contributed by atoms with Crippen LogP contribution in [0.1, 0.15) is 17.2 Å². The summed E-state index contributed by atoms with van der Waals surface area (Å²) in [6, 6.07) is 3.78. The Morgan fingerprint density at radius 2 is 2.50 bits per heavy atom. The largest absolute Gasteiger partial charge is 0.303 e. The van der Waals surface area contributed by atoms with Crippen molar-refractivity contribution >= 4 is 22.2 Å². The lowest BCUT2D eigenvalue weighted by Gasteiger charge is -2.08. The van der Waals surface area contributed by atoms with E-state index < -0.39 is 0 Å². The van der Waals surface area contributed by atoms with Crippen LogP contribution in [0.5, 0.6) is 0 Å². The summed E-state index contributed by atoms with van der Waals surface area (Å²) in [5.74, 6) is -0.0706. The zero-order valence-corrected chi connectivity index (χ0v) is 8.41. The standard InChI is InChI=1S/C9H10BrNO/c1-7-9(3-2-4-11-7)8(5-10)6-12/h2-4,6,8H,5H2,1H3. The molecule has 0 aromatic carbocycles. The average molecular weight is 228 g/mol. The van der Waals surface area contributed by atoms with Crippen LogP contribution in [0.3, 0.4) is 0 Å². The first-order valence-electron chi connectivity index (χ1n) is 3.72. The van der Waals surface area contributed by atoms with Gasteiger partial charge >= 0.3 is 0 Å². The molecule has 0 fully saturated rings. The third-order valence-corrected chi connectivity index (χ3v) is 2.48. The summed E-state index contributed by atoms with van der Waals surface area (Å²) >= 11 is 3.29. The smallest absolute Gasteiger partial charge is 0.128 e. The van der Waals surface area contributed by atoms with Gasteiger partial charge in [-0.25, -0.2) is 0 Å². The van der Waals surface area contributed by atoms with Gasteiger partial charge in [-0.2, -0.15) is 0 Å². The molecule has 0 bridgehead atoms. The number of nitrogens with zero attached hydrogens (tertiary/aromatic N) is 1. The van der Waals surface area contributed by atoms with Crippen molar-refractivity contribution in [2.45, 2.75) is 12.8 Å². The third kappa shape index (κ3) is 1.91. The van der Waals surface area contributed by atoms with E-state index >= 15 is 0 Å². The van der Waals surface area contributed by atoms with Gasteiger partial charge in [-0.05, 0) is 18.6 Å². The Kier molecular flexibility index (Phi) is 3.41. The molecule has 0 aliphatic heterocycles. The van der Waals surface area contributed by atoms with E-state index in [1.165, 1.54) is 0 Å². The van der Waals surface area contributed by atoms with Crippen LogP contribution in [0.4, 0.5) is 0 Å². The highest BCUT2D eigenvalue weighted by Gasteiger charge is 2.10. The van der Waals surface area contributed by atoms with Crippen LogP contribution in [-0.2, 0) is 4.79 Å². The van der Waals surface area contributed by atoms with Crippen LogP contribution in [0.15, 0.2) is 18.3 Å². The molecule has 1 atom stereocenters. The van der Waals surface area contributed by atoms with Crippen LogP contribution in [0.2, 0.25) is 0 Å². The van der Waals surface area contributed by atoms with Gasteiger partial charge in [-0.1, -0.05) is 22.0 Å². The molecule has 1 heterocycles. The molecule has 0 N–H and O–H groups in total. The summed E-state index contributed by atoms with van der Waals surface area (Å²) < 4.78 is 0. The Labute approximate surface area is 80.1 Å². The van der Waals surface area contributed by atoms with Crippen molar-refractivity contribution in [3.63, 3.8) is 0 Å². The summed E-state index contributed by atoms with van der Waals surface area (Å²) in [7, 11) is 0. The maximum atomic E-state index is 10.6. The number of carbonyl (C=O) groups excluding carboxylic acids is 1. The van der Waals surface area contributed by atoms with E-state index in [4.69, 9.17) is 0 Å². The highest BCUT2D eigenvalue weighted by molar-refractivity contribution is 9.09. The van der Waals surface area contributed by atoms with Crippen LogP contribution in [-0.4, -0.2) is 16.6 Å². The molecule has 12 heavy (non-hydrogen) atoms. The first-order valence-corrected chi connectivity index (χ1v) is 4.84. The minimum Gasteiger partial charge on any atom is -0.303 e. The van der Waals surface area contributed by atoms with E-state index in [0.717, 1.165) is 17.5 Å². The first kappa shape index (κ1) is 9.39. The van der Waals surface area contributed by atoms with Gasteiger partial charge in [0.15, 0.2) is 0 Å². The van der Waals surface area contributed by atoms with Crippen molar-refractivity contribution in [3.05, 3.63) is 29.6 Å². The summed E-state index contributed by atoms with van der Waals surface area (Å²) in [5, 5.41) is 0.656. The lowest BCUT2D eigenvalue weighted by Crippen LogP contribution is -2.04. The summed E-state index contributed by atoms with van der Waals surface area (Å²) in [4.78, 5) is 14.7. The zero-order valence-electron chi connectivity index (χ0n) is 6.83. The molecule has 0 spiro atoms. The highest BCUT2D eigenvalue weighted by Crippen LogP contribution is 2.17. The Hall–Kier alpha value is -0.700. The van der Waals surface area contributed by atoms with Crippen molar-refractivity contribution in [3.8, 4) is 0 Å². The fourth-order valence-corrected chi connectivity index (χ4v) is 1.58. The van der Waals surface area contributed by atoms with E-state index in [1.54, 1.807) is 6.20 Å². The molecule has 0 radical (unpaired) electrons. The molecule has 0 aliphatic rings. The molecule has 0 amide bonds. The lowest BCUT2D eigenvalue weighted by molar-refractivity contribution is -0.108. The predicted molar refractivity (Wildman–Crippen MR) is 51.6 cm³/mol. The van der Waals surface area contributed by atoms with Crippen molar-refractivity contribution < 1.29 is 4.79 Å². The topological polar surface area (TPSA) is 30.0 Å². The molecule has 1 aromatic heterocycles. The Bertz CT molecular complexity index is 275. The normalized spacial score (nSPS) is 12.5. The van der Waals surface area contributed by atoms with Gasteiger partial charge in [0.1, 0.15) is 6.29 Å². The second kappa shape index (κ2) is 4.36. The van der Waals surface area contributed by atoms with Gasteiger partial charge < -0.3 is 4.79 Å². The number of alkyl halides is 1. The predicted octanol–water partition coefficient (Wildman–Crippen LogP) is 2.07. The molecule has 0 saturated carbocycles. The molecule has 1 rings (SSSR count). The maximum Gasteiger partial charge on any atom is 0.128 e. The monoisotopic (exact) mass is 227 g/mol. The quantitative estimate of drug-likeness (QED) is 0.585. The van der Waals surface area contributed by atoms with E-state index in [1.807, 2.05) is 19.1 Å². The average Bonchev–Trinajstić information content (AvgIpc) is 2.10. The summed E-state index contributed by atoms with van der Waals surface area (Å²) in [6.07, 6.45) is 2.67. The number of rotatable bonds is 3. The van der Waals surface area contributed by atoms with Crippen molar-refractivity contribution in [2.75, 3.05) is 5.33 Å². The summed E-state index contributed by atoms with van der Waals surface area (Å²) in [5.41, 5.74) is 1.93. The molecule has 1 unspecified atom stereocenters. The second-order valence-corrected chi connectivity index (χ2v) is 3.22. The van der Waals surface area contributed by atoms with Gasteiger partial charge in [0.25, 0.3) is 0 Å². The minimum atomic E-state index is -0.0706. The number of aryl methyl sites for hydroxylation is 1. The number of carbonyl (C=O) groups is 1. The molecule has 1 aromatic rings. The van der Waals surface area contributed by atoms with E-state index in [0.29, 0.717) is 5.33 Å². The number of hydrogen-bond acceptors (Lipinski definition) is 2. The lowest BCUT2D eigenvalue weighted by atomic mass is 10.0. The zero-order chi connectivity index (χ0) is 8.97. The third-order valence-electron chi connectivity index (χ3n) is 1.78. The van der Waals surface area contributed by atoms with Crippen LogP contribution < -0.4 is 0 Å². The van der Waals surface area contributed by atoms with Crippen LogP contribution >= 0.6 is 15.9 Å². The highest BCUT2D eigenvalue weighted by atomic mass is 79.9. The Morgan fingerprint density at radius 1 is 1.75 bits per heavy atom. The van der Waals surface area contributed by atoms with Gasteiger partial charge in [0, 0.05) is 17.2 Å². The molecule has 0 aliphatic carbocycles. The van der Waals surface area contributed by atoms with Gasteiger partial charge in [-0.3, -0.25) is 4.98 Å². The van der Waals surface area contributed by atoms with Gasteiger partial charge in [0.2, 0.25) is 0 Å². The number of hydrogen-bond donors (Lipinski definition) is 0. The van der Waals surface area contributed by atoms with Crippen molar-refractivity contribution in [1.29, 1.82) is 0 Å². The SMILES string of the molecule is Cc1ncccc1C(C=O)CBr. The molecular formula is C9H10BrNO. The number of aromatic nitrogens is 1. The first-order chi connectivity index (χ1) is 5.79. The molecular weight excluding hydrogens is 218 g/mol. The van der Waals surface area contributed by atoms with E-state index in [2.05, 4.69) is 20.9 Å². The molecule has 64 valence electrons. The number of pyridine rings is 1. The second-order valence-electron chi connectivity index (χ2n) is 2.57. The number of aldehydes is 1. The fourth-order valence-electron chi connectivity index (χ4n) is 1.08. The Balaban J connectivity index is 3.00. The van der Waals surface area contributed by atoms with Crippen molar-refractivity contribution in [2.24, 2.45) is 0 Å². The van der Waals surface area contributed by atoms with Crippen LogP contribution in [0.25, 0.3) is 0 Å². The van der Waals surface area contributed by atoms with E-state index in [9.17, 15) is 4.79 Å². The maximum absolute atomic E-state index is 10.6. The minimum absolute atomic E-state index is 0.0706. The number of halogens is 1. The Morgan fingerprint density at radius 3 is 3.00 bits per heavy atom. The van der Waals surface area contributed by atoms with Crippen molar-refractivity contribution in [1.82, 2.24) is 4.98 Å².